The van der Waals surface area contributed by atoms with Gasteiger partial charge in [0.05, 0.1) is 5.69 Å². The third-order valence-corrected chi connectivity index (χ3v) is 2.25. The van der Waals surface area contributed by atoms with Crippen LogP contribution in [0.25, 0.3) is 0 Å². The highest BCUT2D eigenvalue weighted by Gasteiger charge is 2.36. The third kappa shape index (κ3) is 1.49. The number of nitrogen functional groups attached to an aromatic ring is 1. The van der Waals surface area contributed by atoms with Crippen LogP contribution in [0.2, 0.25) is 0 Å². The van der Waals surface area contributed by atoms with Crippen LogP contribution in [0.3, 0.4) is 0 Å². The van der Waals surface area contributed by atoms with E-state index in [1.165, 1.54) is 6.07 Å². The number of amides is 1. The molecule has 0 aromatic heterocycles. The first-order valence-electron chi connectivity index (χ1n) is 4.49. The SMILES string of the molecule is CC1(C)Oc2cc(F)cc(N)c2NC1=O. The van der Waals surface area contributed by atoms with Gasteiger partial charge in [-0.25, -0.2) is 4.39 Å². The van der Waals surface area contributed by atoms with Crippen molar-refractivity contribution in [1.29, 1.82) is 0 Å². The lowest BCUT2D eigenvalue weighted by molar-refractivity contribution is -0.129. The van der Waals surface area contributed by atoms with E-state index in [4.69, 9.17) is 10.5 Å². The molecule has 80 valence electrons. The van der Waals surface area contributed by atoms with Crippen molar-refractivity contribution in [2.24, 2.45) is 0 Å². The van der Waals surface area contributed by atoms with Crippen molar-refractivity contribution in [2.45, 2.75) is 19.4 Å². The Kier molecular flexibility index (Phi) is 1.86. The zero-order valence-electron chi connectivity index (χ0n) is 8.43. The van der Waals surface area contributed by atoms with Crippen molar-refractivity contribution in [2.75, 3.05) is 11.1 Å². The number of anilines is 2. The van der Waals surface area contributed by atoms with Gasteiger partial charge in [-0.2, -0.15) is 0 Å². The largest absolute Gasteiger partial charge is 0.476 e. The summed E-state index contributed by atoms with van der Waals surface area (Å²) in [6.45, 7) is 3.21. The number of fused-ring (bicyclic) bond motifs is 1. The van der Waals surface area contributed by atoms with Gasteiger partial charge in [-0.3, -0.25) is 4.79 Å². The van der Waals surface area contributed by atoms with E-state index in [1.807, 2.05) is 0 Å². The molecule has 1 aliphatic rings. The van der Waals surface area contributed by atoms with Crippen LogP contribution in [0, 0.1) is 5.82 Å². The molecule has 1 heterocycles. The fraction of sp³-hybridized carbons (Fsp3) is 0.300. The van der Waals surface area contributed by atoms with E-state index in [9.17, 15) is 9.18 Å². The van der Waals surface area contributed by atoms with Crippen molar-refractivity contribution in [1.82, 2.24) is 0 Å². The fourth-order valence-corrected chi connectivity index (χ4v) is 1.40. The Bertz CT molecular complexity index is 443. The highest BCUT2D eigenvalue weighted by molar-refractivity contribution is 6.02. The number of hydrogen-bond acceptors (Lipinski definition) is 3. The molecule has 3 N–H and O–H groups in total. The van der Waals surface area contributed by atoms with Crippen LogP contribution < -0.4 is 15.8 Å². The summed E-state index contributed by atoms with van der Waals surface area (Å²) in [4.78, 5) is 11.5. The first-order valence-corrected chi connectivity index (χ1v) is 4.49. The number of nitrogens with one attached hydrogen (secondary N) is 1. The smallest absolute Gasteiger partial charge is 0.268 e. The van der Waals surface area contributed by atoms with E-state index in [0.717, 1.165) is 6.07 Å². The van der Waals surface area contributed by atoms with Gasteiger partial charge < -0.3 is 15.8 Å². The molecule has 1 amide bonds. The Morgan fingerprint density at radius 1 is 1.47 bits per heavy atom. The molecule has 0 saturated heterocycles. The van der Waals surface area contributed by atoms with Crippen LogP contribution in [-0.2, 0) is 4.79 Å². The molecule has 1 aromatic rings. The lowest BCUT2D eigenvalue weighted by Crippen LogP contribution is -2.45. The molecular weight excluding hydrogens is 199 g/mol. The van der Waals surface area contributed by atoms with Gasteiger partial charge in [0.25, 0.3) is 5.91 Å². The molecule has 15 heavy (non-hydrogen) atoms. The zero-order valence-corrected chi connectivity index (χ0v) is 8.43. The Morgan fingerprint density at radius 2 is 2.13 bits per heavy atom. The van der Waals surface area contributed by atoms with Crippen molar-refractivity contribution in [3.05, 3.63) is 17.9 Å². The summed E-state index contributed by atoms with van der Waals surface area (Å²) < 4.78 is 18.4. The van der Waals surface area contributed by atoms with Gasteiger partial charge in [0, 0.05) is 6.07 Å². The first-order chi connectivity index (χ1) is 6.90. The minimum absolute atomic E-state index is 0.161. The number of hydrogen-bond donors (Lipinski definition) is 2. The predicted molar refractivity (Wildman–Crippen MR) is 54.1 cm³/mol. The Hall–Kier alpha value is -1.78. The average Bonchev–Trinajstić information content (AvgIpc) is 2.08. The minimum atomic E-state index is -1.01. The Balaban J connectivity index is 2.55. The minimum Gasteiger partial charge on any atom is -0.476 e. The topological polar surface area (TPSA) is 64.3 Å². The number of ether oxygens (including phenoxy) is 1. The standard InChI is InChI=1S/C10H11FN2O2/c1-10(2)9(14)13-8-6(12)3-5(11)4-7(8)15-10/h3-4H,12H2,1-2H3,(H,13,14). The third-order valence-electron chi connectivity index (χ3n) is 2.25. The maximum atomic E-state index is 13.0. The second-order valence-electron chi connectivity index (χ2n) is 3.93. The van der Waals surface area contributed by atoms with Gasteiger partial charge in [0.15, 0.2) is 5.60 Å². The van der Waals surface area contributed by atoms with Crippen LogP contribution in [0.4, 0.5) is 15.8 Å². The van der Waals surface area contributed by atoms with Gasteiger partial charge in [-0.05, 0) is 19.9 Å². The molecule has 1 aromatic carbocycles. The summed E-state index contributed by atoms with van der Waals surface area (Å²) in [5.41, 5.74) is 5.05. The van der Waals surface area contributed by atoms with Crippen LogP contribution in [0.5, 0.6) is 5.75 Å². The normalized spacial score (nSPS) is 17.7. The van der Waals surface area contributed by atoms with Crippen LogP contribution in [-0.4, -0.2) is 11.5 Å². The number of nitrogens with two attached hydrogens (primary N) is 1. The number of carbonyl (C=O) groups excluding carboxylic acids is 1. The highest BCUT2D eigenvalue weighted by Crippen LogP contribution is 2.38. The van der Waals surface area contributed by atoms with Gasteiger partial charge >= 0.3 is 0 Å². The fourth-order valence-electron chi connectivity index (χ4n) is 1.40. The van der Waals surface area contributed by atoms with E-state index >= 15 is 0 Å². The van der Waals surface area contributed by atoms with E-state index < -0.39 is 11.4 Å². The van der Waals surface area contributed by atoms with E-state index in [0.29, 0.717) is 5.69 Å². The molecular formula is C10H11FN2O2. The lowest BCUT2D eigenvalue weighted by atomic mass is 10.1. The molecule has 0 saturated carbocycles. The maximum absolute atomic E-state index is 13.0. The summed E-state index contributed by atoms with van der Waals surface area (Å²) in [5, 5.41) is 2.59. The molecule has 0 bridgehead atoms. The molecule has 0 unspecified atom stereocenters. The number of rotatable bonds is 0. The zero-order chi connectivity index (χ0) is 11.2. The summed E-state index contributed by atoms with van der Waals surface area (Å²) in [6, 6.07) is 2.34. The molecule has 4 nitrogen and oxygen atoms in total. The predicted octanol–water partition coefficient (Wildman–Crippen LogP) is 1.52. The second kappa shape index (κ2) is 2.85. The Labute approximate surface area is 86.2 Å². The molecule has 0 spiro atoms. The van der Waals surface area contributed by atoms with Crippen molar-refractivity contribution in [3.8, 4) is 5.75 Å². The van der Waals surface area contributed by atoms with Crippen LogP contribution in [0.15, 0.2) is 12.1 Å². The lowest BCUT2D eigenvalue weighted by Gasteiger charge is -2.32. The van der Waals surface area contributed by atoms with Crippen molar-refractivity contribution < 1.29 is 13.9 Å². The number of halogens is 1. The summed E-state index contributed by atoms with van der Waals surface area (Å²) >= 11 is 0. The highest BCUT2D eigenvalue weighted by atomic mass is 19.1. The quantitative estimate of drug-likeness (QED) is 0.638. The summed E-state index contributed by atoms with van der Waals surface area (Å²) in [7, 11) is 0. The molecule has 0 radical (unpaired) electrons. The van der Waals surface area contributed by atoms with Crippen LogP contribution >= 0.6 is 0 Å². The van der Waals surface area contributed by atoms with Crippen molar-refractivity contribution in [3.63, 3.8) is 0 Å². The van der Waals surface area contributed by atoms with E-state index in [-0.39, 0.29) is 17.3 Å². The van der Waals surface area contributed by atoms with Gasteiger partial charge in [-0.15, -0.1) is 0 Å². The monoisotopic (exact) mass is 210 g/mol. The van der Waals surface area contributed by atoms with Gasteiger partial charge in [0.1, 0.15) is 17.3 Å². The van der Waals surface area contributed by atoms with E-state index in [2.05, 4.69) is 5.32 Å². The number of carbonyl (C=O) groups is 1. The molecule has 0 aliphatic carbocycles. The Morgan fingerprint density at radius 3 is 2.80 bits per heavy atom. The first kappa shape index (κ1) is 9.76. The molecule has 5 heteroatoms. The average molecular weight is 210 g/mol. The van der Waals surface area contributed by atoms with Crippen molar-refractivity contribution >= 4 is 17.3 Å². The molecule has 2 rings (SSSR count). The molecule has 1 aliphatic heterocycles. The summed E-state index contributed by atoms with van der Waals surface area (Å²) in [5.74, 6) is -0.524. The maximum Gasteiger partial charge on any atom is 0.268 e. The van der Waals surface area contributed by atoms with Gasteiger partial charge in [0.2, 0.25) is 0 Å². The molecule has 0 atom stereocenters. The molecule has 0 fully saturated rings. The number of benzene rings is 1. The van der Waals surface area contributed by atoms with Crippen LogP contribution in [0.1, 0.15) is 13.8 Å². The second-order valence-corrected chi connectivity index (χ2v) is 3.93. The van der Waals surface area contributed by atoms with E-state index in [1.54, 1.807) is 13.8 Å². The summed E-state index contributed by atoms with van der Waals surface area (Å²) in [6.07, 6.45) is 0. The van der Waals surface area contributed by atoms with Gasteiger partial charge in [-0.1, -0.05) is 0 Å².